The first-order chi connectivity index (χ1) is 21.5. The summed E-state index contributed by atoms with van der Waals surface area (Å²) >= 11 is 0. The van der Waals surface area contributed by atoms with Gasteiger partial charge in [-0.2, -0.15) is 0 Å². The van der Waals surface area contributed by atoms with Crippen LogP contribution in [0.25, 0.3) is 22.5 Å². The second-order valence-corrected chi connectivity index (χ2v) is 11.9. The summed E-state index contributed by atoms with van der Waals surface area (Å²) in [6.45, 7) is 8.99. The molecule has 9 heteroatoms. The highest BCUT2D eigenvalue weighted by atomic mass is 16.5. The van der Waals surface area contributed by atoms with Crippen molar-refractivity contribution in [2.24, 2.45) is 0 Å². The molecular formula is C36H40N4O5. The van der Waals surface area contributed by atoms with Crippen molar-refractivity contribution < 1.29 is 24.2 Å². The van der Waals surface area contributed by atoms with Gasteiger partial charge in [0.25, 0.3) is 5.91 Å². The van der Waals surface area contributed by atoms with Gasteiger partial charge in [-0.3, -0.25) is 14.4 Å². The first-order valence-electron chi connectivity index (χ1n) is 15.1. The molecule has 0 radical (unpaired) electrons. The molecule has 4 aromatic rings. The Morgan fingerprint density at radius 2 is 1.47 bits per heavy atom. The quantitative estimate of drug-likeness (QED) is 0.174. The van der Waals surface area contributed by atoms with Crippen LogP contribution in [0.3, 0.4) is 0 Å². The maximum absolute atomic E-state index is 13.1. The maximum Gasteiger partial charge on any atom is 0.305 e. The Hall–Kier alpha value is -5.05. The minimum absolute atomic E-state index is 0.0378. The molecule has 2 amide bonds. The van der Waals surface area contributed by atoms with Crippen molar-refractivity contribution in [3.63, 3.8) is 0 Å². The number of aliphatic carboxylic acids is 1. The normalized spacial score (nSPS) is 11.8. The monoisotopic (exact) mass is 608 g/mol. The summed E-state index contributed by atoms with van der Waals surface area (Å²) in [5, 5.41) is 14.4. The summed E-state index contributed by atoms with van der Waals surface area (Å²) < 4.78 is 5.65. The summed E-state index contributed by atoms with van der Waals surface area (Å²) in [5.41, 5.74) is 4.95. The number of rotatable bonds is 13. The Bertz CT molecular complexity index is 1580. The number of carboxylic acid groups (broad SMARTS) is 1. The third-order valence-corrected chi connectivity index (χ3v) is 7.24. The van der Waals surface area contributed by atoms with Gasteiger partial charge in [0.05, 0.1) is 13.0 Å². The van der Waals surface area contributed by atoms with Gasteiger partial charge < -0.3 is 20.5 Å². The number of carbonyl (C=O) groups excluding carboxylic acids is 2. The Morgan fingerprint density at radius 1 is 0.844 bits per heavy atom. The van der Waals surface area contributed by atoms with Gasteiger partial charge in [0.2, 0.25) is 5.91 Å². The highest BCUT2D eigenvalue weighted by Gasteiger charge is 2.23. The number of amides is 2. The summed E-state index contributed by atoms with van der Waals surface area (Å²) in [6, 6.07) is 21.7. The minimum atomic E-state index is -1.02. The van der Waals surface area contributed by atoms with Gasteiger partial charge in [-0.25, -0.2) is 9.97 Å². The second-order valence-electron chi connectivity index (χ2n) is 11.9. The molecule has 0 fully saturated rings. The van der Waals surface area contributed by atoms with E-state index in [1.807, 2.05) is 60.7 Å². The van der Waals surface area contributed by atoms with Crippen molar-refractivity contribution in [1.82, 2.24) is 20.6 Å². The van der Waals surface area contributed by atoms with Gasteiger partial charge in [-0.15, -0.1) is 0 Å². The molecule has 0 saturated carbocycles. The predicted molar refractivity (Wildman–Crippen MR) is 174 cm³/mol. The van der Waals surface area contributed by atoms with E-state index in [0.29, 0.717) is 18.0 Å². The van der Waals surface area contributed by atoms with Crippen molar-refractivity contribution in [3.8, 4) is 28.3 Å². The predicted octanol–water partition coefficient (Wildman–Crippen LogP) is 5.83. The molecule has 0 aliphatic carbocycles. The fraction of sp³-hybridized carbons (Fsp3) is 0.306. The van der Waals surface area contributed by atoms with Crippen molar-refractivity contribution in [3.05, 3.63) is 102 Å². The largest absolute Gasteiger partial charge is 0.494 e. The van der Waals surface area contributed by atoms with Gasteiger partial charge in [0.15, 0.2) is 5.82 Å². The summed E-state index contributed by atoms with van der Waals surface area (Å²) in [5.74, 6) is -0.475. The molecule has 45 heavy (non-hydrogen) atoms. The summed E-state index contributed by atoms with van der Waals surface area (Å²) in [6.07, 6.45) is 4.50. The van der Waals surface area contributed by atoms with E-state index < -0.39 is 17.9 Å². The molecule has 3 aromatic carbocycles. The fourth-order valence-corrected chi connectivity index (χ4v) is 4.60. The van der Waals surface area contributed by atoms with Crippen molar-refractivity contribution in [1.29, 1.82) is 0 Å². The number of nitrogens with one attached hydrogen (secondary N) is 2. The molecule has 0 aliphatic rings. The third-order valence-electron chi connectivity index (χ3n) is 7.24. The van der Waals surface area contributed by atoms with E-state index in [1.165, 1.54) is 0 Å². The molecule has 0 bridgehead atoms. The van der Waals surface area contributed by atoms with Gasteiger partial charge in [0.1, 0.15) is 11.8 Å². The van der Waals surface area contributed by atoms with Crippen LogP contribution in [0.2, 0.25) is 0 Å². The van der Waals surface area contributed by atoms with Gasteiger partial charge in [-0.05, 0) is 52.8 Å². The highest BCUT2D eigenvalue weighted by Crippen LogP contribution is 2.24. The number of carbonyl (C=O) groups is 3. The second kappa shape index (κ2) is 15.1. The Balaban J connectivity index is 1.44. The number of nitrogens with zero attached hydrogens (tertiary/aromatic N) is 2. The van der Waals surface area contributed by atoms with Crippen LogP contribution >= 0.6 is 0 Å². The Kier molecular flexibility index (Phi) is 11.0. The van der Waals surface area contributed by atoms with Crippen LogP contribution in [0, 0.1) is 0 Å². The van der Waals surface area contributed by atoms with Gasteiger partial charge in [-0.1, -0.05) is 76.2 Å². The van der Waals surface area contributed by atoms with E-state index in [0.717, 1.165) is 40.0 Å². The number of aromatic nitrogens is 2. The molecule has 0 aliphatic heterocycles. The number of hydrogen-bond donors (Lipinski definition) is 3. The van der Waals surface area contributed by atoms with Crippen LogP contribution in [0.1, 0.15) is 62.0 Å². The number of carboxylic acids is 1. The van der Waals surface area contributed by atoms with E-state index in [4.69, 9.17) is 9.84 Å². The number of ether oxygens (including phenoxy) is 1. The first-order valence-corrected chi connectivity index (χ1v) is 15.1. The highest BCUT2D eigenvalue weighted by molar-refractivity contribution is 5.97. The minimum Gasteiger partial charge on any atom is -0.494 e. The zero-order valence-electron chi connectivity index (χ0n) is 26.2. The third kappa shape index (κ3) is 9.47. The topological polar surface area (TPSA) is 131 Å². The van der Waals surface area contributed by atoms with E-state index in [2.05, 4.69) is 48.3 Å². The van der Waals surface area contributed by atoms with Crippen LogP contribution in [0.4, 0.5) is 0 Å². The fourth-order valence-electron chi connectivity index (χ4n) is 4.60. The van der Waals surface area contributed by atoms with Crippen molar-refractivity contribution in [2.75, 3.05) is 13.2 Å². The molecule has 9 nitrogen and oxygen atoms in total. The average Bonchev–Trinajstić information content (AvgIpc) is 3.03. The molecule has 1 aromatic heterocycles. The van der Waals surface area contributed by atoms with E-state index in [9.17, 15) is 14.4 Å². The van der Waals surface area contributed by atoms with Crippen LogP contribution in [0.15, 0.2) is 85.2 Å². The van der Waals surface area contributed by atoms with Crippen LogP contribution in [-0.4, -0.2) is 52.1 Å². The zero-order valence-corrected chi connectivity index (χ0v) is 26.2. The lowest BCUT2D eigenvalue weighted by molar-refractivity contribution is -0.137. The lowest BCUT2D eigenvalue weighted by atomic mass is 9.86. The zero-order chi connectivity index (χ0) is 32.4. The summed E-state index contributed by atoms with van der Waals surface area (Å²) in [4.78, 5) is 46.2. The van der Waals surface area contributed by atoms with Gasteiger partial charge >= 0.3 is 5.97 Å². The first kappa shape index (κ1) is 32.9. The standard InChI is InChI=1S/C36H40N4O5/c1-5-20-45-30-16-12-25(13-17-30)28-22-38-33(39-23-28)26-8-6-24(7-9-26)21-31(35(44)37-19-18-32(41)42)40-34(43)27-10-14-29(15-11-27)36(2,3)4/h6-17,22-23,31H,5,18-21H2,1-4H3,(H,37,44)(H,40,43)(H,41,42)/t31-/m0/s1. The Morgan fingerprint density at radius 3 is 2.04 bits per heavy atom. The molecule has 4 rings (SSSR count). The molecule has 1 atom stereocenters. The molecule has 1 heterocycles. The molecule has 234 valence electrons. The van der Waals surface area contributed by atoms with Gasteiger partial charge in [0, 0.05) is 42.0 Å². The number of benzene rings is 3. The molecule has 0 saturated heterocycles. The summed E-state index contributed by atoms with van der Waals surface area (Å²) in [7, 11) is 0. The SMILES string of the molecule is CCCOc1ccc(-c2cnc(-c3ccc(C[C@H](NC(=O)c4ccc(C(C)(C)C)cc4)C(=O)NCCC(=O)O)cc3)nc2)cc1. The number of hydrogen-bond acceptors (Lipinski definition) is 6. The average molecular weight is 609 g/mol. The van der Waals surface area contributed by atoms with Crippen molar-refractivity contribution in [2.45, 2.75) is 58.4 Å². The smallest absolute Gasteiger partial charge is 0.305 e. The molecular weight excluding hydrogens is 568 g/mol. The molecule has 0 unspecified atom stereocenters. The Labute approximate surface area is 264 Å². The molecule has 3 N–H and O–H groups in total. The van der Waals surface area contributed by atoms with Crippen LogP contribution in [-0.2, 0) is 21.4 Å². The van der Waals surface area contributed by atoms with E-state index in [1.54, 1.807) is 24.5 Å². The van der Waals surface area contributed by atoms with E-state index >= 15 is 0 Å². The lowest BCUT2D eigenvalue weighted by Gasteiger charge is -2.20. The lowest BCUT2D eigenvalue weighted by Crippen LogP contribution is -2.48. The van der Waals surface area contributed by atoms with E-state index in [-0.39, 0.29) is 30.7 Å². The molecule has 0 spiro atoms. The van der Waals surface area contributed by atoms with Crippen molar-refractivity contribution >= 4 is 17.8 Å². The van der Waals surface area contributed by atoms with Crippen LogP contribution < -0.4 is 15.4 Å². The maximum atomic E-state index is 13.1. The van der Waals surface area contributed by atoms with Crippen LogP contribution in [0.5, 0.6) is 5.75 Å².